The Morgan fingerprint density at radius 2 is 2.12 bits per heavy atom. The second-order valence-electron chi connectivity index (χ2n) is 3.39. The van der Waals surface area contributed by atoms with Crippen molar-refractivity contribution in [2.45, 2.75) is 13.0 Å². The number of methoxy groups -OCH3 is 2. The molecule has 0 aliphatic rings. The molecule has 94 valence electrons. The average Bonchev–Trinajstić information content (AvgIpc) is 2.36. The summed E-state index contributed by atoms with van der Waals surface area (Å²) in [5.41, 5.74) is 0.898. The summed E-state index contributed by atoms with van der Waals surface area (Å²) in [6, 6.07) is 5.50. The minimum atomic E-state index is 0.00625. The van der Waals surface area contributed by atoms with Gasteiger partial charge in [-0.05, 0) is 18.2 Å². The molecule has 1 amide bonds. The summed E-state index contributed by atoms with van der Waals surface area (Å²) in [5.74, 6) is 1.49. The Balaban J connectivity index is 2.70. The number of hydrogen-bond acceptors (Lipinski definition) is 3. The van der Waals surface area contributed by atoms with E-state index < -0.39 is 0 Å². The van der Waals surface area contributed by atoms with Crippen LogP contribution in [0.15, 0.2) is 18.2 Å². The molecule has 4 nitrogen and oxygen atoms in total. The molecule has 0 saturated heterocycles. The van der Waals surface area contributed by atoms with Crippen LogP contribution in [0.1, 0.15) is 12.0 Å². The van der Waals surface area contributed by atoms with Crippen LogP contribution in [0.3, 0.4) is 0 Å². The van der Waals surface area contributed by atoms with Gasteiger partial charge in [-0.15, -0.1) is 0 Å². The highest BCUT2D eigenvalue weighted by Crippen LogP contribution is 2.23. The van der Waals surface area contributed by atoms with Crippen molar-refractivity contribution >= 4 is 21.8 Å². The van der Waals surface area contributed by atoms with E-state index in [9.17, 15) is 4.79 Å². The van der Waals surface area contributed by atoms with E-state index in [1.807, 2.05) is 18.2 Å². The van der Waals surface area contributed by atoms with Gasteiger partial charge in [-0.3, -0.25) is 4.79 Å². The second-order valence-corrected chi connectivity index (χ2v) is 4.19. The largest absolute Gasteiger partial charge is 0.497 e. The van der Waals surface area contributed by atoms with Gasteiger partial charge < -0.3 is 14.8 Å². The number of halogens is 1. The lowest BCUT2D eigenvalue weighted by Gasteiger charge is -2.11. The summed E-state index contributed by atoms with van der Waals surface area (Å²) in [6.45, 7) is 0.437. The fourth-order valence-electron chi connectivity index (χ4n) is 1.39. The molecule has 0 saturated carbocycles. The van der Waals surface area contributed by atoms with Crippen molar-refractivity contribution in [3.63, 3.8) is 0 Å². The van der Waals surface area contributed by atoms with Crippen LogP contribution in [0.2, 0.25) is 0 Å². The van der Waals surface area contributed by atoms with E-state index in [1.165, 1.54) is 0 Å². The van der Waals surface area contributed by atoms with Crippen molar-refractivity contribution in [2.24, 2.45) is 0 Å². The summed E-state index contributed by atoms with van der Waals surface area (Å²) in [6.07, 6.45) is 0.465. The number of carbonyl (C=O) groups excluding carboxylic acids is 1. The highest BCUT2D eigenvalue weighted by molar-refractivity contribution is 9.09. The Bertz CT molecular complexity index is 382. The molecule has 0 aliphatic carbocycles. The lowest BCUT2D eigenvalue weighted by molar-refractivity contribution is -0.120. The SMILES string of the molecule is COc1ccc(OC)c(CNC(=O)CCBr)c1. The number of carbonyl (C=O) groups is 1. The minimum absolute atomic E-state index is 0.00625. The first kappa shape index (κ1) is 13.8. The van der Waals surface area contributed by atoms with E-state index in [-0.39, 0.29) is 5.91 Å². The fraction of sp³-hybridized carbons (Fsp3) is 0.417. The van der Waals surface area contributed by atoms with Crippen molar-refractivity contribution in [3.8, 4) is 11.5 Å². The third kappa shape index (κ3) is 4.26. The van der Waals surface area contributed by atoms with Gasteiger partial charge in [-0.1, -0.05) is 15.9 Å². The molecule has 1 aromatic rings. The van der Waals surface area contributed by atoms with E-state index in [2.05, 4.69) is 21.2 Å². The van der Waals surface area contributed by atoms with Gasteiger partial charge in [0.15, 0.2) is 0 Å². The summed E-state index contributed by atoms with van der Waals surface area (Å²) in [4.78, 5) is 11.4. The van der Waals surface area contributed by atoms with Gasteiger partial charge in [0.2, 0.25) is 5.91 Å². The molecule has 0 aliphatic heterocycles. The number of amides is 1. The predicted molar refractivity (Wildman–Crippen MR) is 69.8 cm³/mol. The number of nitrogens with one attached hydrogen (secondary N) is 1. The lowest BCUT2D eigenvalue weighted by atomic mass is 10.2. The van der Waals surface area contributed by atoms with Crippen LogP contribution in [0.25, 0.3) is 0 Å². The molecule has 0 spiro atoms. The Hall–Kier alpha value is -1.23. The van der Waals surface area contributed by atoms with Crippen LogP contribution < -0.4 is 14.8 Å². The van der Waals surface area contributed by atoms with Crippen LogP contribution in [0, 0.1) is 0 Å². The molecule has 0 radical (unpaired) electrons. The van der Waals surface area contributed by atoms with Crippen molar-refractivity contribution in [1.29, 1.82) is 0 Å². The predicted octanol–water partition coefficient (Wildman–Crippen LogP) is 2.10. The number of rotatable bonds is 6. The molecule has 5 heteroatoms. The van der Waals surface area contributed by atoms with Gasteiger partial charge in [0.05, 0.1) is 14.2 Å². The quantitative estimate of drug-likeness (QED) is 0.819. The molecule has 0 heterocycles. The van der Waals surface area contributed by atoms with Crippen LogP contribution >= 0.6 is 15.9 Å². The highest BCUT2D eigenvalue weighted by atomic mass is 79.9. The maximum Gasteiger partial charge on any atom is 0.221 e. The van der Waals surface area contributed by atoms with Crippen molar-refractivity contribution < 1.29 is 14.3 Å². The summed E-state index contributed by atoms with van der Waals surface area (Å²) < 4.78 is 10.4. The Labute approximate surface area is 109 Å². The van der Waals surface area contributed by atoms with E-state index in [4.69, 9.17) is 9.47 Å². The number of benzene rings is 1. The Kier molecular flexibility index (Phi) is 5.83. The molecule has 17 heavy (non-hydrogen) atoms. The zero-order chi connectivity index (χ0) is 12.7. The average molecular weight is 302 g/mol. The normalized spacial score (nSPS) is 9.82. The van der Waals surface area contributed by atoms with Crippen LogP contribution in [0.4, 0.5) is 0 Å². The maximum atomic E-state index is 11.4. The molecule has 0 bridgehead atoms. The van der Waals surface area contributed by atoms with Gasteiger partial charge in [0.25, 0.3) is 0 Å². The van der Waals surface area contributed by atoms with Crippen molar-refractivity contribution in [2.75, 3.05) is 19.5 Å². The number of ether oxygens (including phenoxy) is 2. The molecule has 1 aromatic carbocycles. The molecular weight excluding hydrogens is 286 g/mol. The van der Waals surface area contributed by atoms with Gasteiger partial charge >= 0.3 is 0 Å². The monoisotopic (exact) mass is 301 g/mol. The Morgan fingerprint density at radius 1 is 1.35 bits per heavy atom. The van der Waals surface area contributed by atoms with Gasteiger partial charge in [-0.25, -0.2) is 0 Å². The number of hydrogen-bond donors (Lipinski definition) is 1. The van der Waals surface area contributed by atoms with E-state index in [1.54, 1.807) is 14.2 Å². The topological polar surface area (TPSA) is 47.6 Å². The molecule has 0 unspecified atom stereocenters. The van der Waals surface area contributed by atoms with E-state index in [0.717, 1.165) is 17.1 Å². The summed E-state index contributed by atoms with van der Waals surface area (Å²) in [5, 5.41) is 3.48. The molecule has 1 N–H and O–H groups in total. The molecule has 0 atom stereocenters. The van der Waals surface area contributed by atoms with Crippen LogP contribution in [-0.2, 0) is 11.3 Å². The van der Waals surface area contributed by atoms with Crippen molar-refractivity contribution in [3.05, 3.63) is 23.8 Å². The van der Waals surface area contributed by atoms with Crippen molar-refractivity contribution in [1.82, 2.24) is 5.32 Å². The maximum absolute atomic E-state index is 11.4. The first-order chi connectivity index (χ1) is 8.21. The summed E-state index contributed by atoms with van der Waals surface area (Å²) >= 11 is 3.22. The van der Waals surface area contributed by atoms with E-state index >= 15 is 0 Å². The molecule has 0 fully saturated rings. The molecule has 0 aromatic heterocycles. The van der Waals surface area contributed by atoms with E-state index in [0.29, 0.717) is 18.3 Å². The van der Waals surface area contributed by atoms with Gasteiger partial charge in [0, 0.05) is 23.9 Å². The van der Waals surface area contributed by atoms with Crippen LogP contribution in [-0.4, -0.2) is 25.5 Å². The third-order valence-corrected chi connectivity index (χ3v) is 2.68. The first-order valence-electron chi connectivity index (χ1n) is 5.24. The Morgan fingerprint density at radius 3 is 2.71 bits per heavy atom. The zero-order valence-corrected chi connectivity index (χ0v) is 11.5. The van der Waals surface area contributed by atoms with Gasteiger partial charge in [0.1, 0.15) is 11.5 Å². The summed E-state index contributed by atoms with van der Waals surface area (Å²) in [7, 11) is 3.21. The molecule has 1 rings (SSSR count). The smallest absolute Gasteiger partial charge is 0.221 e. The zero-order valence-electron chi connectivity index (χ0n) is 9.96. The first-order valence-corrected chi connectivity index (χ1v) is 6.37. The fourth-order valence-corrected chi connectivity index (χ4v) is 1.75. The lowest BCUT2D eigenvalue weighted by Crippen LogP contribution is -2.23. The number of alkyl halides is 1. The molecular formula is C12H16BrNO3. The third-order valence-electron chi connectivity index (χ3n) is 2.29. The standard InChI is InChI=1S/C12H16BrNO3/c1-16-10-3-4-11(17-2)9(7-10)8-14-12(15)5-6-13/h3-4,7H,5-6,8H2,1-2H3,(H,14,15). The van der Waals surface area contributed by atoms with Crippen LogP contribution in [0.5, 0.6) is 11.5 Å². The van der Waals surface area contributed by atoms with Gasteiger partial charge in [-0.2, -0.15) is 0 Å². The highest BCUT2D eigenvalue weighted by Gasteiger charge is 2.06. The minimum Gasteiger partial charge on any atom is -0.497 e. The second kappa shape index (κ2) is 7.17.